The summed E-state index contributed by atoms with van der Waals surface area (Å²) in [5.41, 5.74) is 3.05. The third kappa shape index (κ3) is 5.00. The van der Waals surface area contributed by atoms with Gasteiger partial charge in [0.05, 0.1) is 4.90 Å². The van der Waals surface area contributed by atoms with E-state index in [4.69, 9.17) is 0 Å². The van der Waals surface area contributed by atoms with E-state index in [1.54, 1.807) is 60.8 Å². The van der Waals surface area contributed by atoms with Crippen molar-refractivity contribution in [2.75, 3.05) is 11.9 Å². The molecule has 1 atom stereocenters. The first kappa shape index (κ1) is 20.5. The summed E-state index contributed by atoms with van der Waals surface area (Å²) in [6.07, 6.45) is 3.10. The molecular formula is C22H23N3O3S. The summed E-state index contributed by atoms with van der Waals surface area (Å²) in [6.45, 7) is 3.72. The van der Waals surface area contributed by atoms with Gasteiger partial charge in [0.15, 0.2) is 9.84 Å². The quantitative estimate of drug-likeness (QED) is 0.643. The molecule has 0 saturated carbocycles. The maximum Gasteiger partial charge on any atom is 0.319 e. The zero-order valence-electron chi connectivity index (χ0n) is 16.3. The van der Waals surface area contributed by atoms with Crippen LogP contribution in [0.5, 0.6) is 0 Å². The van der Waals surface area contributed by atoms with E-state index in [1.807, 2.05) is 19.9 Å². The number of aryl methyl sites for hydroxylation is 2. The molecule has 0 radical (unpaired) electrons. The Balaban J connectivity index is 1.85. The number of carbonyl (C=O) groups is 1. The summed E-state index contributed by atoms with van der Waals surface area (Å²) >= 11 is 0. The van der Waals surface area contributed by atoms with Crippen LogP contribution in [0.1, 0.15) is 21.9 Å². The molecule has 3 aromatic rings. The van der Waals surface area contributed by atoms with E-state index < -0.39 is 21.1 Å². The number of hydrogen-bond donors (Lipinski definition) is 2. The first-order chi connectivity index (χ1) is 13.9. The minimum Gasteiger partial charge on any atom is -0.336 e. The smallest absolute Gasteiger partial charge is 0.319 e. The SMILES string of the molecule is Cc1ccc(S(=O)(=O)[C@H](CNC(=O)Nc2ccccc2)c2cccnc2)cc1C. The average molecular weight is 410 g/mol. The number of nitrogens with zero attached hydrogens (tertiary/aromatic N) is 1. The summed E-state index contributed by atoms with van der Waals surface area (Å²) in [5, 5.41) is 4.41. The van der Waals surface area contributed by atoms with Crippen LogP contribution in [-0.2, 0) is 9.84 Å². The highest BCUT2D eigenvalue weighted by Crippen LogP contribution is 2.29. The minimum absolute atomic E-state index is 0.0837. The summed E-state index contributed by atoms with van der Waals surface area (Å²) in [5.74, 6) is 0. The monoisotopic (exact) mass is 409 g/mol. The van der Waals surface area contributed by atoms with Crippen molar-refractivity contribution in [3.8, 4) is 0 Å². The number of pyridine rings is 1. The van der Waals surface area contributed by atoms with Crippen LogP contribution in [0, 0.1) is 13.8 Å². The molecule has 2 amide bonds. The Kier molecular flexibility index (Phi) is 6.29. The van der Waals surface area contributed by atoms with E-state index in [9.17, 15) is 13.2 Å². The number of anilines is 1. The van der Waals surface area contributed by atoms with Crippen molar-refractivity contribution >= 4 is 21.6 Å². The second kappa shape index (κ2) is 8.87. The van der Waals surface area contributed by atoms with Crippen LogP contribution in [0.25, 0.3) is 0 Å². The maximum absolute atomic E-state index is 13.4. The highest BCUT2D eigenvalue weighted by atomic mass is 32.2. The van der Waals surface area contributed by atoms with Crippen molar-refractivity contribution < 1.29 is 13.2 Å². The van der Waals surface area contributed by atoms with Gasteiger partial charge in [-0.2, -0.15) is 0 Å². The van der Waals surface area contributed by atoms with E-state index >= 15 is 0 Å². The van der Waals surface area contributed by atoms with Crippen molar-refractivity contribution in [2.24, 2.45) is 0 Å². The predicted octanol–water partition coefficient (Wildman–Crippen LogP) is 4.04. The Morgan fingerprint density at radius 1 is 1.00 bits per heavy atom. The van der Waals surface area contributed by atoms with Crippen LogP contribution in [0.2, 0.25) is 0 Å². The molecule has 0 bridgehead atoms. The highest BCUT2D eigenvalue weighted by molar-refractivity contribution is 7.91. The van der Waals surface area contributed by atoms with Gasteiger partial charge in [-0.3, -0.25) is 4.98 Å². The first-order valence-corrected chi connectivity index (χ1v) is 10.7. The molecule has 2 N–H and O–H groups in total. The number of aromatic nitrogens is 1. The molecule has 29 heavy (non-hydrogen) atoms. The number of amides is 2. The molecular weight excluding hydrogens is 386 g/mol. The molecule has 0 aliphatic heterocycles. The van der Waals surface area contributed by atoms with Crippen LogP contribution in [-0.4, -0.2) is 26.0 Å². The Hall–Kier alpha value is -3.19. The fourth-order valence-corrected chi connectivity index (χ4v) is 4.64. The molecule has 0 unspecified atom stereocenters. The van der Waals surface area contributed by atoms with Gasteiger partial charge in [-0.1, -0.05) is 30.3 Å². The molecule has 0 aliphatic rings. The molecule has 0 fully saturated rings. The zero-order chi connectivity index (χ0) is 20.9. The largest absolute Gasteiger partial charge is 0.336 e. The Labute approximate surface area is 170 Å². The number of urea groups is 1. The van der Waals surface area contributed by atoms with E-state index in [0.717, 1.165) is 11.1 Å². The van der Waals surface area contributed by atoms with Crippen LogP contribution < -0.4 is 10.6 Å². The first-order valence-electron chi connectivity index (χ1n) is 9.19. The van der Waals surface area contributed by atoms with Crippen LogP contribution in [0.3, 0.4) is 0 Å². The second-order valence-corrected chi connectivity index (χ2v) is 8.90. The number of carbonyl (C=O) groups excluding carboxylic acids is 1. The van der Waals surface area contributed by atoms with Crippen LogP contribution >= 0.6 is 0 Å². The number of hydrogen-bond acceptors (Lipinski definition) is 4. The number of rotatable bonds is 6. The van der Waals surface area contributed by atoms with Gasteiger partial charge >= 0.3 is 6.03 Å². The molecule has 0 spiro atoms. The maximum atomic E-state index is 13.4. The Bertz CT molecular complexity index is 1080. The topological polar surface area (TPSA) is 88.2 Å². The molecule has 150 valence electrons. The van der Waals surface area contributed by atoms with Crippen molar-refractivity contribution in [3.05, 3.63) is 89.7 Å². The lowest BCUT2D eigenvalue weighted by atomic mass is 10.1. The number of benzene rings is 2. The fraction of sp³-hybridized carbons (Fsp3) is 0.182. The summed E-state index contributed by atoms with van der Waals surface area (Å²) in [4.78, 5) is 16.5. The average Bonchev–Trinajstić information content (AvgIpc) is 2.71. The molecule has 3 rings (SSSR count). The second-order valence-electron chi connectivity index (χ2n) is 6.77. The van der Waals surface area contributed by atoms with Gasteiger partial charge in [-0.05, 0) is 60.9 Å². The number of nitrogens with one attached hydrogen (secondary N) is 2. The van der Waals surface area contributed by atoms with Gasteiger partial charge in [0.2, 0.25) is 0 Å². The van der Waals surface area contributed by atoms with Crippen LogP contribution in [0.15, 0.2) is 78.0 Å². The van der Waals surface area contributed by atoms with Crippen molar-refractivity contribution in [1.82, 2.24) is 10.3 Å². The third-order valence-corrected chi connectivity index (χ3v) is 6.82. The predicted molar refractivity (Wildman–Crippen MR) is 114 cm³/mol. The van der Waals surface area contributed by atoms with Gasteiger partial charge in [-0.15, -0.1) is 0 Å². The summed E-state index contributed by atoms with van der Waals surface area (Å²) < 4.78 is 26.7. The van der Waals surface area contributed by atoms with Gasteiger partial charge in [0.1, 0.15) is 5.25 Å². The van der Waals surface area contributed by atoms with Crippen molar-refractivity contribution in [3.63, 3.8) is 0 Å². The van der Waals surface area contributed by atoms with Crippen LogP contribution in [0.4, 0.5) is 10.5 Å². The normalized spacial score (nSPS) is 12.2. The Morgan fingerprint density at radius 2 is 1.76 bits per heavy atom. The van der Waals surface area contributed by atoms with Gasteiger partial charge in [0.25, 0.3) is 0 Å². The van der Waals surface area contributed by atoms with Gasteiger partial charge in [0, 0.05) is 24.6 Å². The standard InChI is InChI=1S/C22H23N3O3S/c1-16-10-11-20(13-17(16)2)29(27,28)21(18-7-6-12-23-14-18)15-24-22(26)25-19-8-4-3-5-9-19/h3-14,21H,15H2,1-2H3,(H2,24,25,26)/t21-/m1/s1. The molecule has 1 aromatic heterocycles. The molecule has 7 heteroatoms. The Morgan fingerprint density at radius 3 is 2.41 bits per heavy atom. The van der Waals surface area contributed by atoms with E-state index in [2.05, 4.69) is 15.6 Å². The summed E-state index contributed by atoms with van der Waals surface area (Å²) in [6, 6.07) is 16.9. The van der Waals surface area contributed by atoms with Gasteiger partial charge in [-0.25, -0.2) is 13.2 Å². The van der Waals surface area contributed by atoms with E-state index in [0.29, 0.717) is 11.3 Å². The van der Waals surface area contributed by atoms with E-state index in [-0.39, 0.29) is 11.4 Å². The summed E-state index contributed by atoms with van der Waals surface area (Å²) in [7, 11) is -3.74. The van der Waals surface area contributed by atoms with E-state index in [1.165, 1.54) is 6.20 Å². The molecule has 2 aromatic carbocycles. The van der Waals surface area contributed by atoms with Crippen molar-refractivity contribution in [1.29, 1.82) is 0 Å². The molecule has 6 nitrogen and oxygen atoms in total. The fourth-order valence-electron chi connectivity index (χ4n) is 2.91. The molecule has 0 aliphatic carbocycles. The van der Waals surface area contributed by atoms with Gasteiger partial charge < -0.3 is 10.6 Å². The molecule has 0 saturated heterocycles. The lowest BCUT2D eigenvalue weighted by Crippen LogP contribution is -2.35. The van der Waals surface area contributed by atoms with Crippen molar-refractivity contribution in [2.45, 2.75) is 24.0 Å². The molecule has 1 heterocycles. The lowest BCUT2D eigenvalue weighted by molar-refractivity contribution is 0.252. The highest BCUT2D eigenvalue weighted by Gasteiger charge is 2.30. The number of para-hydroxylation sites is 1. The minimum atomic E-state index is -3.74. The lowest BCUT2D eigenvalue weighted by Gasteiger charge is -2.19. The number of sulfone groups is 1. The zero-order valence-corrected chi connectivity index (χ0v) is 17.1. The third-order valence-electron chi connectivity index (χ3n) is 4.72.